The zero-order valence-corrected chi connectivity index (χ0v) is 16.9. The Morgan fingerprint density at radius 2 is 1.93 bits per heavy atom. The normalized spacial score (nSPS) is 15.4. The first-order chi connectivity index (χ1) is 13.0. The Hall–Kier alpha value is -2.79. The molecule has 5 nitrogen and oxygen atoms in total. The van der Waals surface area contributed by atoms with Crippen LogP contribution in [0.2, 0.25) is 0 Å². The molecule has 1 unspecified atom stereocenters. The van der Waals surface area contributed by atoms with E-state index in [4.69, 9.17) is 5.73 Å². The molecule has 2 aromatic carbocycles. The Bertz CT molecular complexity index is 997. The van der Waals surface area contributed by atoms with Crippen molar-refractivity contribution in [2.75, 3.05) is 5.73 Å². The molecule has 28 heavy (non-hydrogen) atoms. The number of aromatic nitrogens is 2. The third kappa shape index (κ3) is 3.62. The Morgan fingerprint density at radius 3 is 2.68 bits per heavy atom. The fourth-order valence-corrected chi connectivity index (χ4v) is 4.01. The molecule has 3 N–H and O–H groups in total. The van der Waals surface area contributed by atoms with Crippen molar-refractivity contribution in [1.29, 1.82) is 0 Å². The van der Waals surface area contributed by atoms with Crippen molar-refractivity contribution < 1.29 is 4.79 Å². The number of aryl methyl sites for hydroxylation is 2. The first-order valence-electron chi connectivity index (χ1n) is 9.35. The minimum Gasteiger partial charge on any atom is -0.399 e. The highest BCUT2D eigenvalue weighted by Gasteiger charge is 2.25. The van der Waals surface area contributed by atoms with E-state index in [9.17, 15) is 4.79 Å². The molecule has 0 saturated carbocycles. The molecular formula is C22H25ClN4O. The highest BCUT2D eigenvalue weighted by molar-refractivity contribution is 5.96. The van der Waals surface area contributed by atoms with Gasteiger partial charge >= 0.3 is 0 Å². The number of halogens is 1. The number of hydrogen-bond acceptors (Lipinski definition) is 3. The molecule has 4 rings (SSSR count). The van der Waals surface area contributed by atoms with Gasteiger partial charge in [-0.05, 0) is 68.5 Å². The third-order valence-electron chi connectivity index (χ3n) is 5.31. The average Bonchev–Trinajstić information content (AvgIpc) is 2.96. The Kier molecular flexibility index (Phi) is 5.75. The minimum atomic E-state index is -0.0677. The summed E-state index contributed by atoms with van der Waals surface area (Å²) in [6.45, 7) is 3.83. The van der Waals surface area contributed by atoms with Crippen molar-refractivity contribution in [1.82, 2.24) is 15.1 Å². The molecule has 0 saturated heterocycles. The number of para-hydroxylation sites is 1. The number of benzene rings is 2. The minimum absolute atomic E-state index is 0. The summed E-state index contributed by atoms with van der Waals surface area (Å²) < 4.78 is 1.83. The van der Waals surface area contributed by atoms with Gasteiger partial charge in [-0.15, -0.1) is 12.4 Å². The fraction of sp³-hybridized carbons (Fsp3) is 0.273. The highest BCUT2D eigenvalue weighted by Crippen LogP contribution is 2.31. The zero-order valence-electron chi connectivity index (χ0n) is 16.1. The molecule has 1 heterocycles. The first kappa shape index (κ1) is 20.0. The number of carbonyl (C=O) groups excluding carboxylic acids is 1. The third-order valence-corrected chi connectivity index (χ3v) is 5.31. The van der Waals surface area contributed by atoms with Crippen molar-refractivity contribution in [3.05, 3.63) is 76.6 Å². The van der Waals surface area contributed by atoms with E-state index in [1.807, 2.05) is 67.1 Å². The molecule has 0 spiro atoms. The molecule has 1 amide bonds. The van der Waals surface area contributed by atoms with Crippen LogP contribution in [0.25, 0.3) is 5.69 Å². The number of nitrogens with zero attached hydrogens (tertiary/aromatic N) is 2. The van der Waals surface area contributed by atoms with Crippen LogP contribution in [0.1, 0.15) is 51.8 Å². The van der Waals surface area contributed by atoms with E-state index in [2.05, 4.69) is 10.4 Å². The summed E-state index contributed by atoms with van der Waals surface area (Å²) in [6.07, 6.45) is 2.99. The van der Waals surface area contributed by atoms with Crippen LogP contribution in [-0.4, -0.2) is 15.7 Å². The lowest BCUT2D eigenvalue weighted by Gasteiger charge is -2.26. The van der Waals surface area contributed by atoms with Crippen LogP contribution in [0.5, 0.6) is 0 Å². The number of rotatable bonds is 3. The molecule has 0 radical (unpaired) electrons. The van der Waals surface area contributed by atoms with Crippen molar-refractivity contribution in [3.8, 4) is 5.69 Å². The number of anilines is 1. The van der Waals surface area contributed by atoms with Crippen LogP contribution in [0, 0.1) is 13.8 Å². The average molecular weight is 397 g/mol. The molecule has 0 aliphatic heterocycles. The van der Waals surface area contributed by atoms with Crippen LogP contribution in [0.3, 0.4) is 0 Å². The van der Waals surface area contributed by atoms with Crippen molar-refractivity contribution >= 4 is 24.0 Å². The first-order valence-corrected chi connectivity index (χ1v) is 9.35. The van der Waals surface area contributed by atoms with Crippen LogP contribution in [-0.2, 0) is 6.42 Å². The predicted octanol–water partition coefficient (Wildman–Crippen LogP) is 4.30. The standard InChI is InChI=1S/C22H24N4O.ClH/c1-14-21(15(2)26(25-14)18-8-4-3-5-9-18)22(27)24-20-10-6-7-16-13-17(23)11-12-19(16)20;/h3-5,8-9,11-13,20H,6-7,10,23H2,1-2H3,(H,24,27);1H. The number of nitrogens with one attached hydrogen (secondary N) is 1. The number of hydrogen-bond donors (Lipinski definition) is 2. The highest BCUT2D eigenvalue weighted by atomic mass is 35.5. The number of fused-ring (bicyclic) bond motifs is 1. The molecule has 6 heteroatoms. The van der Waals surface area contributed by atoms with E-state index in [-0.39, 0.29) is 24.4 Å². The van der Waals surface area contributed by atoms with E-state index in [1.54, 1.807) is 0 Å². The summed E-state index contributed by atoms with van der Waals surface area (Å²) >= 11 is 0. The predicted molar refractivity (Wildman–Crippen MR) is 114 cm³/mol. The SMILES string of the molecule is Cc1nn(-c2ccccc2)c(C)c1C(=O)NC1CCCc2cc(N)ccc21.Cl. The van der Waals surface area contributed by atoms with Gasteiger partial charge in [0.15, 0.2) is 0 Å². The zero-order chi connectivity index (χ0) is 19.0. The van der Waals surface area contributed by atoms with E-state index in [0.717, 1.165) is 42.0 Å². The number of amides is 1. The molecule has 1 aliphatic carbocycles. The lowest BCUT2D eigenvalue weighted by atomic mass is 9.87. The molecule has 3 aromatic rings. The number of nitrogens with two attached hydrogens (primary N) is 1. The topological polar surface area (TPSA) is 72.9 Å². The van der Waals surface area contributed by atoms with Gasteiger partial charge in [0.2, 0.25) is 0 Å². The maximum absolute atomic E-state index is 13.1. The number of carbonyl (C=O) groups is 1. The molecule has 0 fully saturated rings. The van der Waals surface area contributed by atoms with Crippen molar-refractivity contribution in [2.24, 2.45) is 0 Å². The summed E-state index contributed by atoms with van der Waals surface area (Å²) in [7, 11) is 0. The maximum atomic E-state index is 13.1. The summed E-state index contributed by atoms with van der Waals surface area (Å²) in [5.41, 5.74) is 12.3. The smallest absolute Gasteiger partial charge is 0.255 e. The van der Waals surface area contributed by atoms with Crippen molar-refractivity contribution in [3.63, 3.8) is 0 Å². The molecular weight excluding hydrogens is 372 g/mol. The lowest BCUT2D eigenvalue weighted by Crippen LogP contribution is -2.31. The van der Waals surface area contributed by atoms with E-state index < -0.39 is 0 Å². The monoisotopic (exact) mass is 396 g/mol. The molecule has 1 atom stereocenters. The van der Waals surface area contributed by atoms with E-state index in [0.29, 0.717) is 5.56 Å². The van der Waals surface area contributed by atoms with Gasteiger partial charge in [-0.25, -0.2) is 4.68 Å². The number of nitrogen functional groups attached to an aromatic ring is 1. The van der Waals surface area contributed by atoms with Gasteiger partial charge in [0.1, 0.15) is 0 Å². The largest absolute Gasteiger partial charge is 0.399 e. The Balaban J connectivity index is 0.00000225. The van der Waals surface area contributed by atoms with Crippen LogP contribution in [0.15, 0.2) is 48.5 Å². The van der Waals surface area contributed by atoms with Crippen LogP contribution < -0.4 is 11.1 Å². The van der Waals surface area contributed by atoms with Crippen LogP contribution in [0.4, 0.5) is 5.69 Å². The summed E-state index contributed by atoms with van der Waals surface area (Å²) in [6, 6.07) is 15.9. The molecule has 1 aromatic heterocycles. The Morgan fingerprint density at radius 1 is 1.18 bits per heavy atom. The van der Waals surface area contributed by atoms with Gasteiger partial charge in [-0.1, -0.05) is 24.3 Å². The van der Waals surface area contributed by atoms with E-state index >= 15 is 0 Å². The van der Waals surface area contributed by atoms with Crippen molar-refractivity contribution in [2.45, 2.75) is 39.2 Å². The van der Waals surface area contributed by atoms with Gasteiger partial charge < -0.3 is 11.1 Å². The second-order valence-electron chi connectivity index (χ2n) is 7.17. The molecule has 146 valence electrons. The second kappa shape index (κ2) is 8.07. The van der Waals surface area contributed by atoms with Gasteiger partial charge in [0.25, 0.3) is 5.91 Å². The van der Waals surface area contributed by atoms with Gasteiger partial charge in [0.05, 0.1) is 28.7 Å². The fourth-order valence-electron chi connectivity index (χ4n) is 4.01. The van der Waals surface area contributed by atoms with Gasteiger partial charge in [-0.2, -0.15) is 5.10 Å². The van der Waals surface area contributed by atoms with Crippen LogP contribution >= 0.6 is 12.4 Å². The molecule has 1 aliphatic rings. The van der Waals surface area contributed by atoms with Gasteiger partial charge in [0, 0.05) is 5.69 Å². The summed E-state index contributed by atoms with van der Waals surface area (Å²) in [5, 5.41) is 7.81. The quantitative estimate of drug-likeness (QED) is 0.648. The Labute approximate surface area is 171 Å². The molecule has 0 bridgehead atoms. The van der Waals surface area contributed by atoms with Gasteiger partial charge in [-0.3, -0.25) is 4.79 Å². The maximum Gasteiger partial charge on any atom is 0.255 e. The summed E-state index contributed by atoms with van der Waals surface area (Å²) in [4.78, 5) is 13.1. The summed E-state index contributed by atoms with van der Waals surface area (Å²) in [5.74, 6) is -0.0677. The second-order valence-corrected chi connectivity index (χ2v) is 7.17. The lowest BCUT2D eigenvalue weighted by molar-refractivity contribution is 0.0931. The van der Waals surface area contributed by atoms with E-state index in [1.165, 1.54) is 11.1 Å².